The predicted octanol–water partition coefficient (Wildman–Crippen LogP) is 3.75. The van der Waals surface area contributed by atoms with Crippen molar-refractivity contribution in [2.75, 3.05) is 19.0 Å². The van der Waals surface area contributed by atoms with E-state index in [1.165, 1.54) is 35.6 Å². The number of hydrogen-bond donors (Lipinski definition) is 1. The first-order valence-electron chi connectivity index (χ1n) is 7.87. The highest BCUT2D eigenvalue weighted by atomic mass is 32.1. The molecule has 1 heterocycles. The summed E-state index contributed by atoms with van der Waals surface area (Å²) in [6, 6.07) is 12.7. The number of carbonyl (C=O) groups excluding carboxylic acids is 2. The third kappa shape index (κ3) is 4.89. The molecule has 0 aliphatic rings. The molecular weight excluding hydrogens is 371 g/mol. The molecule has 2 aromatic carbocycles. The Morgan fingerprint density at radius 1 is 1.19 bits per heavy atom. The van der Waals surface area contributed by atoms with Crippen LogP contribution in [0.4, 0.5) is 10.1 Å². The van der Waals surface area contributed by atoms with Crippen molar-refractivity contribution in [2.24, 2.45) is 0 Å². The van der Waals surface area contributed by atoms with Crippen molar-refractivity contribution >= 4 is 28.9 Å². The van der Waals surface area contributed by atoms with Crippen molar-refractivity contribution in [3.63, 3.8) is 0 Å². The third-order valence-corrected chi connectivity index (χ3v) is 4.38. The Kier molecular flexibility index (Phi) is 5.77. The van der Waals surface area contributed by atoms with Crippen LogP contribution in [0.15, 0.2) is 53.9 Å². The highest BCUT2D eigenvalue weighted by molar-refractivity contribution is 7.13. The maximum atomic E-state index is 13.1. The average molecular weight is 386 g/mol. The standard InChI is InChI=1S/C19H15FN2O4S/c1-25-15-7-5-12(6-8-15)18-22-16(11-27-18)19(24)26-10-17(23)21-14-4-2-3-13(20)9-14/h2-9,11H,10H2,1H3,(H,21,23). The van der Waals surface area contributed by atoms with Crippen LogP contribution in [-0.4, -0.2) is 30.6 Å². The molecule has 6 nitrogen and oxygen atoms in total. The Labute approximate surface area is 158 Å². The SMILES string of the molecule is COc1ccc(-c2nc(C(=O)OCC(=O)Nc3cccc(F)c3)cs2)cc1. The molecular formula is C19H15FN2O4S. The van der Waals surface area contributed by atoms with Gasteiger partial charge in [0.1, 0.15) is 16.6 Å². The second kappa shape index (κ2) is 8.41. The number of nitrogens with one attached hydrogen (secondary N) is 1. The van der Waals surface area contributed by atoms with E-state index in [0.29, 0.717) is 5.01 Å². The summed E-state index contributed by atoms with van der Waals surface area (Å²) in [5.74, 6) is -1.03. The van der Waals surface area contributed by atoms with E-state index >= 15 is 0 Å². The second-order valence-electron chi connectivity index (χ2n) is 5.40. The minimum absolute atomic E-state index is 0.115. The summed E-state index contributed by atoms with van der Waals surface area (Å²) in [5.41, 5.74) is 1.24. The fourth-order valence-corrected chi connectivity index (χ4v) is 3.00. The summed E-state index contributed by atoms with van der Waals surface area (Å²) >= 11 is 1.29. The molecule has 1 N–H and O–H groups in total. The fraction of sp³-hybridized carbons (Fsp3) is 0.105. The summed E-state index contributed by atoms with van der Waals surface area (Å²) in [7, 11) is 1.58. The lowest BCUT2D eigenvalue weighted by molar-refractivity contribution is -0.119. The van der Waals surface area contributed by atoms with Crippen molar-refractivity contribution in [1.29, 1.82) is 0 Å². The number of aromatic nitrogens is 1. The van der Waals surface area contributed by atoms with Gasteiger partial charge in [0.15, 0.2) is 12.3 Å². The van der Waals surface area contributed by atoms with Crippen molar-refractivity contribution in [2.45, 2.75) is 0 Å². The molecule has 0 saturated carbocycles. The van der Waals surface area contributed by atoms with Crippen LogP contribution in [0.2, 0.25) is 0 Å². The van der Waals surface area contributed by atoms with Crippen molar-refractivity contribution in [3.8, 4) is 16.3 Å². The number of hydrogen-bond acceptors (Lipinski definition) is 6. The van der Waals surface area contributed by atoms with Gasteiger partial charge < -0.3 is 14.8 Å². The number of methoxy groups -OCH3 is 1. The topological polar surface area (TPSA) is 77.5 Å². The molecule has 0 fully saturated rings. The number of rotatable bonds is 6. The third-order valence-electron chi connectivity index (χ3n) is 3.49. The lowest BCUT2D eigenvalue weighted by atomic mass is 10.2. The zero-order valence-corrected chi connectivity index (χ0v) is 15.1. The Bertz CT molecular complexity index is 956. The zero-order chi connectivity index (χ0) is 19.2. The molecule has 138 valence electrons. The van der Waals surface area contributed by atoms with E-state index in [4.69, 9.17) is 9.47 Å². The molecule has 0 saturated heterocycles. The van der Waals surface area contributed by atoms with Gasteiger partial charge in [-0.2, -0.15) is 0 Å². The summed E-state index contributed by atoms with van der Waals surface area (Å²) in [4.78, 5) is 28.1. The van der Waals surface area contributed by atoms with Gasteiger partial charge >= 0.3 is 5.97 Å². The Morgan fingerprint density at radius 2 is 1.96 bits per heavy atom. The minimum Gasteiger partial charge on any atom is -0.497 e. The van der Waals surface area contributed by atoms with Gasteiger partial charge in [-0.15, -0.1) is 11.3 Å². The highest BCUT2D eigenvalue weighted by Crippen LogP contribution is 2.25. The Hall–Kier alpha value is -3.26. The van der Waals surface area contributed by atoms with Gasteiger partial charge in [0.25, 0.3) is 5.91 Å². The van der Waals surface area contributed by atoms with Crippen LogP contribution in [0.1, 0.15) is 10.5 Å². The van der Waals surface area contributed by atoms with E-state index in [1.54, 1.807) is 24.6 Å². The van der Waals surface area contributed by atoms with Gasteiger partial charge in [-0.25, -0.2) is 14.2 Å². The Morgan fingerprint density at radius 3 is 2.67 bits per heavy atom. The molecule has 0 bridgehead atoms. The molecule has 0 aliphatic heterocycles. The first kappa shape index (κ1) is 18.5. The van der Waals surface area contributed by atoms with Crippen molar-refractivity contribution < 1.29 is 23.5 Å². The van der Waals surface area contributed by atoms with E-state index in [2.05, 4.69) is 10.3 Å². The molecule has 1 aromatic heterocycles. The van der Waals surface area contributed by atoms with Gasteiger partial charge in [-0.05, 0) is 42.5 Å². The monoisotopic (exact) mass is 386 g/mol. The van der Waals surface area contributed by atoms with Crippen LogP contribution in [-0.2, 0) is 9.53 Å². The lowest BCUT2D eigenvalue weighted by Crippen LogP contribution is -2.21. The average Bonchev–Trinajstić information content (AvgIpc) is 3.16. The number of thiazole rings is 1. The first-order valence-corrected chi connectivity index (χ1v) is 8.75. The Balaban J connectivity index is 1.56. The maximum absolute atomic E-state index is 13.1. The molecule has 0 radical (unpaired) electrons. The van der Waals surface area contributed by atoms with Crippen LogP contribution in [0.3, 0.4) is 0 Å². The smallest absolute Gasteiger partial charge is 0.358 e. The van der Waals surface area contributed by atoms with Crippen LogP contribution >= 0.6 is 11.3 Å². The highest BCUT2D eigenvalue weighted by Gasteiger charge is 2.15. The van der Waals surface area contributed by atoms with Gasteiger partial charge in [0.05, 0.1) is 7.11 Å². The molecule has 3 aromatic rings. The molecule has 0 aliphatic carbocycles. The number of benzene rings is 2. The molecule has 0 spiro atoms. The largest absolute Gasteiger partial charge is 0.497 e. The van der Waals surface area contributed by atoms with Gasteiger partial charge in [0.2, 0.25) is 0 Å². The quantitative estimate of drug-likeness (QED) is 0.653. The molecule has 0 atom stereocenters. The number of carbonyl (C=O) groups is 2. The number of ether oxygens (including phenoxy) is 2. The maximum Gasteiger partial charge on any atom is 0.358 e. The van der Waals surface area contributed by atoms with Crippen molar-refractivity contribution in [3.05, 3.63) is 65.4 Å². The number of halogens is 1. The zero-order valence-electron chi connectivity index (χ0n) is 14.3. The van der Waals surface area contributed by atoms with Crippen LogP contribution in [0.25, 0.3) is 10.6 Å². The number of amides is 1. The molecule has 1 amide bonds. The first-order chi connectivity index (χ1) is 13.0. The van der Waals surface area contributed by atoms with Crippen molar-refractivity contribution in [1.82, 2.24) is 4.98 Å². The van der Waals surface area contributed by atoms with Gasteiger partial charge in [-0.3, -0.25) is 4.79 Å². The van der Waals surface area contributed by atoms with Crippen LogP contribution in [0, 0.1) is 5.82 Å². The predicted molar refractivity (Wildman–Crippen MR) is 99.4 cm³/mol. The van der Waals surface area contributed by atoms with E-state index in [1.807, 2.05) is 12.1 Å². The normalized spacial score (nSPS) is 10.3. The number of anilines is 1. The van der Waals surface area contributed by atoms with Crippen LogP contribution < -0.4 is 10.1 Å². The summed E-state index contributed by atoms with van der Waals surface area (Å²) < 4.78 is 23.1. The van der Waals surface area contributed by atoms with E-state index in [0.717, 1.165) is 11.3 Å². The molecule has 27 heavy (non-hydrogen) atoms. The van der Waals surface area contributed by atoms with E-state index in [-0.39, 0.29) is 11.4 Å². The fourth-order valence-electron chi connectivity index (χ4n) is 2.20. The lowest BCUT2D eigenvalue weighted by Gasteiger charge is -2.05. The number of esters is 1. The molecule has 3 rings (SSSR count). The second-order valence-corrected chi connectivity index (χ2v) is 6.26. The summed E-state index contributed by atoms with van der Waals surface area (Å²) in [6.07, 6.45) is 0. The molecule has 8 heteroatoms. The van der Waals surface area contributed by atoms with Gasteiger partial charge in [-0.1, -0.05) is 6.07 Å². The number of nitrogens with zero attached hydrogens (tertiary/aromatic N) is 1. The van der Waals surface area contributed by atoms with E-state index < -0.39 is 24.3 Å². The minimum atomic E-state index is -0.708. The summed E-state index contributed by atoms with van der Waals surface area (Å²) in [6.45, 7) is -0.495. The van der Waals surface area contributed by atoms with Gasteiger partial charge in [0, 0.05) is 16.6 Å². The molecule has 0 unspecified atom stereocenters. The van der Waals surface area contributed by atoms with E-state index in [9.17, 15) is 14.0 Å². The van der Waals surface area contributed by atoms with Crippen LogP contribution in [0.5, 0.6) is 5.75 Å². The summed E-state index contributed by atoms with van der Waals surface area (Å²) in [5, 5.41) is 4.65.